The first-order valence-electron chi connectivity index (χ1n) is 7.70. The van der Waals surface area contributed by atoms with Gasteiger partial charge in [-0.25, -0.2) is 0 Å². The van der Waals surface area contributed by atoms with Gasteiger partial charge in [0, 0.05) is 32.3 Å². The molecule has 4 nitrogen and oxygen atoms in total. The number of nitrogens with zero attached hydrogens (tertiary/aromatic N) is 2. The molecule has 114 valence electrons. The van der Waals surface area contributed by atoms with Crippen LogP contribution in [0.1, 0.15) is 39.0 Å². The number of hydrogen-bond acceptors (Lipinski definition) is 4. The lowest BCUT2D eigenvalue weighted by atomic mass is 9.78. The van der Waals surface area contributed by atoms with Gasteiger partial charge < -0.3 is 15.4 Å². The summed E-state index contributed by atoms with van der Waals surface area (Å²) in [6.45, 7) is 6.42. The van der Waals surface area contributed by atoms with Crippen LogP contribution in [0.5, 0.6) is 0 Å². The Labute approximate surface area is 119 Å². The molecule has 0 aromatic heterocycles. The molecule has 0 aromatic carbocycles. The van der Waals surface area contributed by atoms with Crippen LogP contribution in [0.3, 0.4) is 0 Å². The molecule has 19 heavy (non-hydrogen) atoms. The third-order valence-corrected chi connectivity index (χ3v) is 4.56. The molecule has 0 atom stereocenters. The fourth-order valence-electron chi connectivity index (χ4n) is 3.19. The molecule has 0 heterocycles. The van der Waals surface area contributed by atoms with Crippen LogP contribution in [0, 0.1) is 0 Å². The van der Waals surface area contributed by atoms with E-state index in [9.17, 15) is 0 Å². The van der Waals surface area contributed by atoms with E-state index in [0.717, 1.165) is 39.0 Å². The van der Waals surface area contributed by atoms with Crippen LogP contribution in [-0.2, 0) is 4.74 Å². The monoisotopic (exact) mass is 271 g/mol. The lowest BCUT2D eigenvalue weighted by molar-refractivity contribution is -0.00894. The lowest BCUT2D eigenvalue weighted by Crippen LogP contribution is -2.57. The van der Waals surface area contributed by atoms with E-state index in [2.05, 4.69) is 30.8 Å². The summed E-state index contributed by atoms with van der Waals surface area (Å²) in [7, 11) is 6.11. The molecule has 0 unspecified atom stereocenters. The van der Waals surface area contributed by atoms with Gasteiger partial charge in [0.15, 0.2) is 0 Å². The van der Waals surface area contributed by atoms with Gasteiger partial charge in [0.1, 0.15) is 0 Å². The summed E-state index contributed by atoms with van der Waals surface area (Å²) in [4.78, 5) is 4.90. The van der Waals surface area contributed by atoms with Crippen LogP contribution in [0.25, 0.3) is 0 Å². The average molecular weight is 271 g/mol. The number of likely N-dealkylation sites (N-methyl/N-ethyl adjacent to an activating group) is 1. The molecule has 0 spiro atoms. The first-order chi connectivity index (χ1) is 9.07. The minimum Gasteiger partial charge on any atom is -0.381 e. The Kier molecular flexibility index (Phi) is 7.29. The molecule has 1 aliphatic carbocycles. The number of rotatable bonds is 8. The van der Waals surface area contributed by atoms with Gasteiger partial charge in [0.2, 0.25) is 0 Å². The van der Waals surface area contributed by atoms with E-state index in [4.69, 9.17) is 10.5 Å². The Morgan fingerprint density at radius 2 is 1.79 bits per heavy atom. The molecular weight excluding hydrogens is 238 g/mol. The van der Waals surface area contributed by atoms with Crippen LogP contribution in [-0.4, -0.2) is 68.8 Å². The second-order valence-electron chi connectivity index (χ2n) is 6.15. The SMILES string of the molecule is CCCN(CCN(C)C)C1(CN)CCC(OC)CC1. The molecule has 1 saturated carbocycles. The molecule has 0 saturated heterocycles. The summed E-state index contributed by atoms with van der Waals surface area (Å²) < 4.78 is 5.50. The lowest BCUT2D eigenvalue weighted by Gasteiger charge is -2.47. The standard InChI is InChI=1S/C15H33N3O/c1-5-10-18(12-11-17(2)3)15(13-16)8-6-14(19-4)7-9-15/h14H,5-13,16H2,1-4H3. The van der Waals surface area contributed by atoms with Crippen LogP contribution in [0.4, 0.5) is 0 Å². The molecule has 0 amide bonds. The number of methoxy groups -OCH3 is 1. The summed E-state index contributed by atoms with van der Waals surface area (Å²) >= 11 is 0. The van der Waals surface area contributed by atoms with Crippen molar-refractivity contribution in [3.05, 3.63) is 0 Å². The highest BCUT2D eigenvalue weighted by atomic mass is 16.5. The van der Waals surface area contributed by atoms with Gasteiger partial charge in [-0.3, -0.25) is 4.90 Å². The maximum absolute atomic E-state index is 6.17. The summed E-state index contributed by atoms with van der Waals surface area (Å²) in [5, 5.41) is 0. The van der Waals surface area contributed by atoms with Gasteiger partial charge >= 0.3 is 0 Å². The zero-order valence-corrected chi connectivity index (χ0v) is 13.3. The van der Waals surface area contributed by atoms with Gasteiger partial charge in [-0.05, 0) is 52.7 Å². The fourth-order valence-corrected chi connectivity index (χ4v) is 3.19. The molecule has 1 rings (SSSR count). The van der Waals surface area contributed by atoms with E-state index >= 15 is 0 Å². The van der Waals surface area contributed by atoms with Gasteiger partial charge in [-0.15, -0.1) is 0 Å². The first kappa shape index (κ1) is 16.9. The predicted molar refractivity (Wildman–Crippen MR) is 81.5 cm³/mol. The third-order valence-electron chi connectivity index (χ3n) is 4.56. The normalized spacial score (nSPS) is 28.3. The Morgan fingerprint density at radius 3 is 2.21 bits per heavy atom. The highest BCUT2D eigenvalue weighted by Crippen LogP contribution is 2.34. The number of ether oxygens (including phenoxy) is 1. The Balaban J connectivity index is 2.66. The van der Waals surface area contributed by atoms with Crippen molar-refractivity contribution in [2.24, 2.45) is 5.73 Å². The van der Waals surface area contributed by atoms with Crippen molar-refractivity contribution in [1.82, 2.24) is 9.80 Å². The third kappa shape index (κ3) is 4.71. The minimum atomic E-state index is 0.209. The quantitative estimate of drug-likeness (QED) is 0.727. The Morgan fingerprint density at radius 1 is 1.16 bits per heavy atom. The molecule has 1 aliphatic rings. The molecule has 2 N–H and O–H groups in total. The van der Waals surface area contributed by atoms with Crippen LogP contribution in [0.2, 0.25) is 0 Å². The average Bonchev–Trinajstić information content (AvgIpc) is 2.43. The van der Waals surface area contributed by atoms with Crippen LogP contribution < -0.4 is 5.73 Å². The van der Waals surface area contributed by atoms with Gasteiger partial charge in [-0.2, -0.15) is 0 Å². The molecule has 0 aromatic rings. The topological polar surface area (TPSA) is 41.7 Å². The molecule has 0 bridgehead atoms. The number of hydrogen-bond donors (Lipinski definition) is 1. The molecule has 0 aliphatic heterocycles. The van der Waals surface area contributed by atoms with E-state index in [0.29, 0.717) is 6.10 Å². The van der Waals surface area contributed by atoms with Crippen molar-refractivity contribution >= 4 is 0 Å². The van der Waals surface area contributed by atoms with Gasteiger partial charge in [0.25, 0.3) is 0 Å². The van der Waals surface area contributed by atoms with Crippen molar-refractivity contribution < 1.29 is 4.74 Å². The highest BCUT2D eigenvalue weighted by molar-refractivity contribution is 4.96. The van der Waals surface area contributed by atoms with Crippen LogP contribution in [0.15, 0.2) is 0 Å². The number of nitrogens with two attached hydrogens (primary N) is 1. The predicted octanol–water partition coefficient (Wildman–Crippen LogP) is 1.55. The van der Waals surface area contributed by atoms with Crippen molar-refractivity contribution in [1.29, 1.82) is 0 Å². The van der Waals surface area contributed by atoms with Crippen molar-refractivity contribution in [3.63, 3.8) is 0 Å². The largest absolute Gasteiger partial charge is 0.381 e. The highest BCUT2D eigenvalue weighted by Gasteiger charge is 2.38. The van der Waals surface area contributed by atoms with E-state index in [1.807, 2.05) is 7.11 Å². The fraction of sp³-hybridized carbons (Fsp3) is 1.00. The van der Waals surface area contributed by atoms with E-state index in [1.165, 1.54) is 19.3 Å². The maximum Gasteiger partial charge on any atom is 0.0572 e. The van der Waals surface area contributed by atoms with E-state index < -0.39 is 0 Å². The zero-order chi connectivity index (χ0) is 14.3. The Bertz CT molecular complexity index is 238. The van der Waals surface area contributed by atoms with Crippen molar-refractivity contribution in [3.8, 4) is 0 Å². The first-order valence-corrected chi connectivity index (χ1v) is 7.70. The second kappa shape index (κ2) is 8.20. The summed E-state index contributed by atoms with van der Waals surface area (Å²) in [6.07, 6.45) is 6.29. The van der Waals surface area contributed by atoms with E-state index in [1.54, 1.807) is 0 Å². The minimum absolute atomic E-state index is 0.209. The molecule has 0 radical (unpaired) electrons. The van der Waals surface area contributed by atoms with E-state index in [-0.39, 0.29) is 5.54 Å². The Hall–Kier alpha value is -0.160. The van der Waals surface area contributed by atoms with Crippen molar-refractivity contribution in [2.75, 3.05) is 47.4 Å². The van der Waals surface area contributed by atoms with Crippen LogP contribution >= 0.6 is 0 Å². The van der Waals surface area contributed by atoms with Gasteiger partial charge in [0.05, 0.1) is 6.10 Å². The second-order valence-corrected chi connectivity index (χ2v) is 6.15. The zero-order valence-electron chi connectivity index (χ0n) is 13.3. The maximum atomic E-state index is 6.17. The summed E-state index contributed by atoms with van der Waals surface area (Å²) in [6, 6.07) is 0. The smallest absolute Gasteiger partial charge is 0.0572 e. The van der Waals surface area contributed by atoms with Gasteiger partial charge in [-0.1, -0.05) is 6.92 Å². The summed E-state index contributed by atoms with van der Waals surface area (Å²) in [5.41, 5.74) is 6.38. The van der Waals surface area contributed by atoms with Crippen molar-refractivity contribution in [2.45, 2.75) is 50.7 Å². The molecule has 4 heteroatoms. The summed E-state index contributed by atoms with van der Waals surface area (Å²) in [5.74, 6) is 0. The molecular formula is C15H33N3O. The molecule has 1 fully saturated rings.